The smallest absolute Gasteiger partial charge is 0.239 e. The third-order valence-electron chi connectivity index (χ3n) is 3.95. The summed E-state index contributed by atoms with van der Waals surface area (Å²) in [5.41, 5.74) is 0. The number of ether oxygens (including phenoxy) is 1. The molecule has 1 saturated heterocycles. The molecule has 0 radical (unpaired) electrons. The molecule has 92 valence electrons. The minimum absolute atomic E-state index is 0.0374. The molecule has 3 unspecified atom stereocenters. The average molecular weight is 226 g/mol. The number of likely N-dealkylation sites (tertiary alicyclic amines) is 1. The first-order valence-corrected chi connectivity index (χ1v) is 6.26. The molecule has 4 heteroatoms. The number of amides is 1. The molecule has 2 aliphatic rings. The standard InChI is InChI=1S/C12H22N2O2/c1-13-11-4-3-7-14(12(11)15)9-5-6-10(8-9)16-2/h9-11,13H,3-8H2,1-2H3. The van der Waals surface area contributed by atoms with E-state index in [0.29, 0.717) is 12.1 Å². The van der Waals surface area contributed by atoms with E-state index in [1.807, 2.05) is 7.05 Å². The summed E-state index contributed by atoms with van der Waals surface area (Å²) < 4.78 is 5.37. The molecule has 4 nitrogen and oxygen atoms in total. The Morgan fingerprint density at radius 3 is 2.81 bits per heavy atom. The summed E-state index contributed by atoms with van der Waals surface area (Å²) in [6.45, 7) is 0.929. The number of nitrogens with one attached hydrogen (secondary N) is 1. The van der Waals surface area contributed by atoms with Crippen LogP contribution in [0.15, 0.2) is 0 Å². The Morgan fingerprint density at radius 2 is 2.19 bits per heavy atom. The monoisotopic (exact) mass is 226 g/mol. The molecule has 0 aromatic heterocycles. The molecule has 0 aromatic rings. The molecule has 0 spiro atoms. The molecule has 1 heterocycles. The average Bonchev–Trinajstić information content (AvgIpc) is 2.78. The van der Waals surface area contributed by atoms with E-state index in [-0.39, 0.29) is 11.9 Å². The van der Waals surface area contributed by atoms with E-state index >= 15 is 0 Å². The van der Waals surface area contributed by atoms with Crippen LogP contribution in [0.25, 0.3) is 0 Å². The Kier molecular flexibility index (Phi) is 3.82. The topological polar surface area (TPSA) is 41.6 Å². The van der Waals surface area contributed by atoms with Crippen LogP contribution in [-0.2, 0) is 9.53 Å². The van der Waals surface area contributed by atoms with Crippen molar-refractivity contribution in [3.8, 4) is 0 Å². The highest BCUT2D eigenvalue weighted by atomic mass is 16.5. The van der Waals surface area contributed by atoms with Gasteiger partial charge in [0.2, 0.25) is 5.91 Å². The summed E-state index contributed by atoms with van der Waals surface area (Å²) in [5, 5.41) is 3.11. The number of piperidine rings is 1. The Bertz CT molecular complexity index is 257. The minimum atomic E-state index is 0.0374. The zero-order chi connectivity index (χ0) is 11.5. The Morgan fingerprint density at radius 1 is 1.38 bits per heavy atom. The maximum absolute atomic E-state index is 12.2. The maximum atomic E-state index is 12.2. The van der Waals surface area contributed by atoms with Crippen molar-refractivity contribution in [2.45, 2.75) is 50.3 Å². The van der Waals surface area contributed by atoms with Crippen LogP contribution in [0.4, 0.5) is 0 Å². The number of likely N-dealkylation sites (N-methyl/N-ethyl adjacent to an activating group) is 1. The van der Waals surface area contributed by atoms with Gasteiger partial charge in [-0.1, -0.05) is 0 Å². The van der Waals surface area contributed by atoms with Gasteiger partial charge in [-0.2, -0.15) is 0 Å². The van der Waals surface area contributed by atoms with Gasteiger partial charge < -0.3 is 15.0 Å². The molecule has 0 aromatic carbocycles. The number of hydrogen-bond acceptors (Lipinski definition) is 3. The summed E-state index contributed by atoms with van der Waals surface area (Å²) in [6, 6.07) is 0.448. The van der Waals surface area contributed by atoms with Gasteiger partial charge in [0, 0.05) is 19.7 Å². The largest absolute Gasteiger partial charge is 0.381 e. The fourth-order valence-electron chi connectivity index (χ4n) is 2.94. The summed E-state index contributed by atoms with van der Waals surface area (Å²) in [6.07, 6.45) is 5.65. The second kappa shape index (κ2) is 5.15. The number of carbonyl (C=O) groups is 1. The molecule has 3 atom stereocenters. The van der Waals surface area contributed by atoms with Gasteiger partial charge in [0.05, 0.1) is 12.1 Å². The third kappa shape index (κ3) is 2.23. The quantitative estimate of drug-likeness (QED) is 0.772. The van der Waals surface area contributed by atoms with Crippen molar-refractivity contribution < 1.29 is 9.53 Å². The van der Waals surface area contributed by atoms with Gasteiger partial charge in [-0.05, 0) is 39.2 Å². The first-order chi connectivity index (χ1) is 7.76. The molecule has 1 N–H and O–H groups in total. The van der Waals surface area contributed by atoms with Gasteiger partial charge in [-0.15, -0.1) is 0 Å². The second-order valence-corrected chi connectivity index (χ2v) is 4.84. The Labute approximate surface area is 97.3 Å². The zero-order valence-corrected chi connectivity index (χ0v) is 10.2. The van der Waals surface area contributed by atoms with E-state index in [2.05, 4.69) is 10.2 Å². The molecule has 16 heavy (non-hydrogen) atoms. The number of nitrogens with zero attached hydrogens (tertiary/aromatic N) is 1. The maximum Gasteiger partial charge on any atom is 0.239 e. The lowest BCUT2D eigenvalue weighted by molar-refractivity contribution is -0.138. The van der Waals surface area contributed by atoms with E-state index in [9.17, 15) is 4.79 Å². The highest BCUT2D eigenvalue weighted by Gasteiger charge is 2.36. The van der Waals surface area contributed by atoms with Crippen molar-refractivity contribution in [3.05, 3.63) is 0 Å². The second-order valence-electron chi connectivity index (χ2n) is 4.84. The molecule has 1 aliphatic heterocycles. The lowest BCUT2D eigenvalue weighted by Crippen LogP contribution is -2.52. The first-order valence-electron chi connectivity index (χ1n) is 6.26. The molecule has 0 bridgehead atoms. The van der Waals surface area contributed by atoms with Crippen molar-refractivity contribution in [2.24, 2.45) is 0 Å². The normalized spacial score (nSPS) is 35.8. The van der Waals surface area contributed by atoms with E-state index < -0.39 is 0 Å². The van der Waals surface area contributed by atoms with Crippen LogP contribution in [0.5, 0.6) is 0 Å². The predicted octanol–water partition coefficient (Wildman–Crippen LogP) is 0.764. The van der Waals surface area contributed by atoms with E-state index in [1.165, 1.54) is 0 Å². The summed E-state index contributed by atoms with van der Waals surface area (Å²) >= 11 is 0. The van der Waals surface area contributed by atoms with Crippen LogP contribution < -0.4 is 5.32 Å². The van der Waals surface area contributed by atoms with Gasteiger partial charge in [0.1, 0.15) is 0 Å². The van der Waals surface area contributed by atoms with Crippen LogP contribution in [0, 0.1) is 0 Å². The Hall–Kier alpha value is -0.610. The summed E-state index contributed by atoms with van der Waals surface area (Å²) in [5.74, 6) is 0.288. The zero-order valence-electron chi connectivity index (χ0n) is 10.2. The van der Waals surface area contributed by atoms with Gasteiger partial charge in [-0.25, -0.2) is 0 Å². The van der Waals surface area contributed by atoms with Crippen LogP contribution in [0.1, 0.15) is 32.1 Å². The molecule has 2 fully saturated rings. The fourth-order valence-corrected chi connectivity index (χ4v) is 2.94. The molecular formula is C12H22N2O2. The van der Waals surface area contributed by atoms with Crippen molar-refractivity contribution >= 4 is 5.91 Å². The number of hydrogen-bond donors (Lipinski definition) is 1. The lowest BCUT2D eigenvalue weighted by Gasteiger charge is -2.36. The fraction of sp³-hybridized carbons (Fsp3) is 0.917. The van der Waals surface area contributed by atoms with Crippen molar-refractivity contribution in [3.63, 3.8) is 0 Å². The summed E-state index contributed by atoms with van der Waals surface area (Å²) in [4.78, 5) is 14.2. The van der Waals surface area contributed by atoms with Gasteiger partial charge in [-0.3, -0.25) is 4.79 Å². The molecule has 2 rings (SSSR count). The number of rotatable bonds is 3. The van der Waals surface area contributed by atoms with Crippen LogP contribution in [0.3, 0.4) is 0 Å². The van der Waals surface area contributed by atoms with E-state index in [4.69, 9.17) is 4.74 Å². The van der Waals surface area contributed by atoms with E-state index in [1.54, 1.807) is 7.11 Å². The molecule has 1 amide bonds. The molecule has 1 saturated carbocycles. The minimum Gasteiger partial charge on any atom is -0.381 e. The van der Waals surface area contributed by atoms with Crippen molar-refractivity contribution in [1.29, 1.82) is 0 Å². The predicted molar refractivity (Wildman–Crippen MR) is 62.2 cm³/mol. The lowest BCUT2D eigenvalue weighted by atomic mass is 10.0. The first kappa shape index (κ1) is 11.9. The van der Waals surface area contributed by atoms with Gasteiger partial charge >= 0.3 is 0 Å². The van der Waals surface area contributed by atoms with Crippen molar-refractivity contribution in [2.75, 3.05) is 20.7 Å². The third-order valence-corrected chi connectivity index (χ3v) is 3.95. The van der Waals surface area contributed by atoms with Crippen molar-refractivity contribution in [1.82, 2.24) is 10.2 Å². The highest BCUT2D eigenvalue weighted by Crippen LogP contribution is 2.28. The van der Waals surface area contributed by atoms with Gasteiger partial charge in [0.25, 0.3) is 0 Å². The summed E-state index contributed by atoms with van der Waals surface area (Å²) in [7, 11) is 3.64. The molecular weight excluding hydrogens is 204 g/mol. The number of methoxy groups -OCH3 is 1. The SMILES string of the molecule is CNC1CCCN(C2CCC(OC)C2)C1=O. The van der Waals surface area contributed by atoms with Gasteiger partial charge in [0.15, 0.2) is 0 Å². The number of carbonyl (C=O) groups excluding carboxylic acids is 1. The molecule has 1 aliphatic carbocycles. The van der Waals surface area contributed by atoms with Crippen LogP contribution >= 0.6 is 0 Å². The highest BCUT2D eigenvalue weighted by molar-refractivity contribution is 5.82. The van der Waals surface area contributed by atoms with Crippen LogP contribution in [0.2, 0.25) is 0 Å². The Balaban J connectivity index is 1.96. The van der Waals surface area contributed by atoms with Crippen LogP contribution in [-0.4, -0.2) is 49.7 Å². The van der Waals surface area contributed by atoms with E-state index in [0.717, 1.165) is 38.6 Å².